The van der Waals surface area contributed by atoms with Crippen LogP contribution in [0.25, 0.3) is 10.8 Å². The van der Waals surface area contributed by atoms with Crippen LogP contribution in [0.1, 0.15) is 31.4 Å². The van der Waals surface area contributed by atoms with Crippen LogP contribution in [0, 0.1) is 5.92 Å². The topological polar surface area (TPSA) is 21.3 Å². The zero-order chi connectivity index (χ0) is 13.9. The molecule has 2 heteroatoms. The number of ether oxygens (including phenoxy) is 1. The highest BCUT2D eigenvalue weighted by molar-refractivity contribution is 5.83. The average Bonchev–Trinajstić information content (AvgIpc) is 3.31. The minimum absolute atomic E-state index is 0.284. The molecule has 1 aliphatic carbocycles. The summed E-state index contributed by atoms with van der Waals surface area (Å²) in [5.74, 6) is 0.721. The molecule has 2 atom stereocenters. The SMILES string of the molecule is CCOC(C1CC1)C(NC)c1ccc2ccccc2c1. The third-order valence-corrected chi connectivity index (χ3v) is 4.22. The molecule has 0 aliphatic heterocycles. The number of benzene rings is 2. The van der Waals surface area contributed by atoms with E-state index in [1.807, 2.05) is 7.05 Å². The maximum atomic E-state index is 6.02. The van der Waals surface area contributed by atoms with Crippen LogP contribution in [0.4, 0.5) is 0 Å². The summed E-state index contributed by atoms with van der Waals surface area (Å²) < 4.78 is 6.02. The number of fused-ring (bicyclic) bond motifs is 1. The summed E-state index contributed by atoms with van der Waals surface area (Å²) in [5.41, 5.74) is 1.33. The lowest BCUT2D eigenvalue weighted by atomic mass is 9.95. The highest BCUT2D eigenvalue weighted by Gasteiger charge is 2.37. The van der Waals surface area contributed by atoms with E-state index < -0.39 is 0 Å². The Balaban J connectivity index is 1.93. The largest absolute Gasteiger partial charge is 0.376 e. The molecule has 0 spiro atoms. The molecule has 106 valence electrons. The van der Waals surface area contributed by atoms with Crippen molar-refractivity contribution in [2.24, 2.45) is 5.92 Å². The Hall–Kier alpha value is -1.38. The first kappa shape index (κ1) is 13.6. The van der Waals surface area contributed by atoms with Crippen molar-refractivity contribution in [3.63, 3.8) is 0 Å². The van der Waals surface area contributed by atoms with Crippen molar-refractivity contribution < 1.29 is 4.74 Å². The van der Waals surface area contributed by atoms with Crippen LogP contribution in [0.15, 0.2) is 42.5 Å². The molecule has 2 aromatic rings. The Morgan fingerprint density at radius 3 is 2.55 bits per heavy atom. The van der Waals surface area contributed by atoms with Gasteiger partial charge >= 0.3 is 0 Å². The first-order valence-corrected chi connectivity index (χ1v) is 7.61. The first-order valence-electron chi connectivity index (χ1n) is 7.61. The van der Waals surface area contributed by atoms with Crippen molar-refractivity contribution in [3.8, 4) is 0 Å². The van der Waals surface area contributed by atoms with Crippen LogP contribution >= 0.6 is 0 Å². The van der Waals surface area contributed by atoms with Gasteiger partial charge in [-0.05, 0) is 55.1 Å². The smallest absolute Gasteiger partial charge is 0.0797 e. The average molecular weight is 269 g/mol. The molecule has 0 saturated heterocycles. The number of hydrogen-bond donors (Lipinski definition) is 1. The maximum absolute atomic E-state index is 6.02. The molecule has 1 N–H and O–H groups in total. The summed E-state index contributed by atoms with van der Waals surface area (Å²) in [5, 5.41) is 6.06. The fourth-order valence-electron chi connectivity index (χ4n) is 3.04. The summed E-state index contributed by atoms with van der Waals surface area (Å²) in [6.07, 6.45) is 2.90. The van der Waals surface area contributed by atoms with Crippen LogP contribution in [0.2, 0.25) is 0 Å². The van der Waals surface area contributed by atoms with Gasteiger partial charge in [0, 0.05) is 6.61 Å². The van der Waals surface area contributed by atoms with Gasteiger partial charge in [0.2, 0.25) is 0 Å². The maximum Gasteiger partial charge on any atom is 0.0797 e. The molecule has 1 fully saturated rings. The van der Waals surface area contributed by atoms with Gasteiger partial charge in [0.05, 0.1) is 12.1 Å². The van der Waals surface area contributed by atoms with Gasteiger partial charge in [0.1, 0.15) is 0 Å². The van der Waals surface area contributed by atoms with Gasteiger partial charge in [-0.2, -0.15) is 0 Å². The van der Waals surface area contributed by atoms with Crippen molar-refractivity contribution in [2.45, 2.75) is 31.9 Å². The van der Waals surface area contributed by atoms with Gasteiger partial charge in [-0.25, -0.2) is 0 Å². The summed E-state index contributed by atoms with van der Waals surface area (Å²) in [7, 11) is 2.04. The Morgan fingerprint density at radius 2 is 1.90 bits per heavy atom. The predicted octanol–water partition coefficient (Wildman–Crippen LogP) is 3.92. The fraction of sp³-hybridized carbons (Fsp3) is 0.444. The highest BCUT2D eigenvalue weighted by atomic mass is 16.5. The normalized spacial score (nSPS) is 18.1. The summed E-state index contributed by atoms with van der Waals surface area (Å²) in [6.45, 7) is 2.87. The molecule has 1 aliphatic rings. The van der Waals surface area contributed by atoms with Crippen LogP contribution in [0.5, 0.6) is 0 Å². The van der Waals surface area contributed by atoms with E-state index in [2.05, 4.69) is 54.7 Å². The Morgan fingerprint density at radius 1 is 1.15 bits per heavy atom. The molecule has 2 aromatic carbocycles. The molecule has 0 heterocycles. The van der Waals surface area contributed by atoms with Crippen LogP contribution in [-0.2, 0) is 4.74 Å². The summed E-state index contributed by atoms with van der Waals surface area (Å²) >= 11 is 0. The third kappa shape index (κ3) is 2.72. The van der Waals surface area contributed by atoms with Gasteiger partial charge < -0.3 is 10.1 Å². The standard InChI is InChI=1S/C18H23NO/c1-3-20-18(14-9-10-14)17(19-2)16-11-8-13-6-4-5-7-15(13)12-16/h4-8,11-12,14,17-19H,3,9-10H2,1-2H3. The minimum atomic E-state index is 0.284. The molecular formula is C18H23NO. The van der Waals surface area contributed by atoms with Crippen LogP contribution in [-0.4, -0.2) is 19.8 Å². The van der Waals surface area contributed by atoms with E-state index in [1.165, 1.54) is 29.2 Å². The van der Waals surface area contributed by atoms with Crippen molar-refractivity contribution in [1.82, 2.24) is 5.32 Å². The molecule has 2 unspecified atom stereocenters. The van der Waals surface area contributed by atoms with Gasteiger partial charge in [-0.3, -0.25) is 0 Å². The molecule has 3 rings (SSSR count). The van der Waals surface area contributed by atoms with E-state index in [1.54, 1.807) is 0 Å². The summed E-state index contributed by atoms with van der Waals surface area (Å²) in [4.78, 5) is 0. The Labute approximate surface area is 121 Å². The molecule has 1 saturated carbocycles. The zero-order valence-electron chi connectivity index (χ0n) is 12.3. The Bertz CT molecular complexity index is 576. The van der Waals surface area contributed by atoms with Crippen molar-refractivity contribution in [1.29, 1.82) is 0 Å². The molecule has 0 aromatic heterocycles. The molecule has 2 nitrogen and oxygen atoms in total. The lowest BCUT2D eigenvalue weighted by Crippen LogP contribution is -2.33. The molecular weight excluding hydrogens is 246 g/mol. The van der Waals surface area contributed by atoms with Crippen LogP contribution < -0.4 is 5.32 Å². The van der Waals surface area contributed by atoms with E-state index in [4.69, 9.17) is 4.74 Å². The van der Waals surface area contributed by atoms with Crippen LogP contribution in [0.3, 0.4) is 0 Å². The van der Waals surface area contributed by atoms with Crippen molar-refractivity contribution >= 4 is 10.8 Å². The predicted molar refractivity (Wildman–Crippen MR) is 83.9 cm³/mol. The first-order chi connectivity index (χ1) is 9.83. The molecule has 0 amide bonds. The second kappa shape index (κ2) is 5.94. The zero-order valence-corrected chi connectivity index (χ0v) is 12.3. The Kier molecular flexibility index (Phi) is 4.04. The van der Waals surface area contributed by atoms with Gasteiger partial charge in [0.15, 0.2) is 0 Å². The van der Waals surface area contributed by atoms with E-state index >= 15 is 0 Å². The van der Waals surface area contributed by atoms with E-state index in [0.717, 1.165) is 12.5 Å². The van der Waals surface area contributed by atoms with Crippen molar-refractivity contribution in [3.05, 3.63) is 48.0 Å². The number of hydrogen-bond acceptors (Lipinski definition) is 2. The van der Waals surface area contributed by atoms with Gasteiger partial charge in [-0.1, -0.05) is 36.4 Å². The second-order valence-corrected chi connectivity index (χ2v) is 5.63. The number of nitrogens with one attached hydrogen (secondary N) is 1. The minimum Gasteiger partial charge on any atom is -0.376 e. The van der Waals surface area contributed by atoms with Crippen molar-refractivity contribution in [2.75, 3.05) is 13.7 Å². The monoisotopic (exact) mass is 269 g/mol. The number of likely N-dealkylation sites (N-methyl/N-ethyl adjacent to an activating group) is 1. The van der Waals surface area contributed by atoms with E-state index in [-0.39, 0.29) is 6.04 Å². The summed E-state index contributed by atoms with van der Waals surface area (Å²) in [6, 6.07) is 15.6. The molecule has 20 heavy (non-hydrogen) atoms. The lowest BCUT2D eigenvalue weighted by molar-refractivity contribution is 0.0205. The lowest BCUT2D eigenvalue weighted by Gasteiger charge is -2.27. The quantitative estimate of drug-likeness (QED) is 0.858. The van der Waals surface area contributed by atoms with Gasteiger partial charge in [-0.15, -0.1) is 0 Å². The second-order valence-electron chi connectivity index (χ2n) is 5.63. The molecule has 0 radical (unpaired) electrons. The highest BCUT2D eigenvalue weighted by Crippen LogP contribution is 2.40. The third-order valence-electron chi connectivity index (χ3n) is 4.22. The molecule has 0 bridgehead atoms. The van der Waals surface area contributed by atoms with E-state index in [0.29, 0.717) is 6.10 Å². The van der Waals surface area contributed by atoms with E-state index in [9.17, 15) is 0 Å². The van der Waals surface area contributed by atoms with Gasteiger partial charge in [0.25, 0.3) is 0 Å². The number of rotatable bonds is 6. The fourth-order valence-corrected chi connectivity index (χ4v) is 3.04.